The Hall–Kier alpha value is -2.45. The third-order valence-corrected chi connectivity index (χ3v) is 4.88. The van der Waals surface area contributed by atoms with E-state index >= 15 is 0 Å². The number of nitrogens with one attached hydrogen (secondary N) is 2. The number of rotatable bonds is 10. The average Bonchev–Trinajstić information content (AvgIpc) is 2.69. The van der Waals surface area contributed by atoms with Crippen LogP contribution in [0.1, 0.15) is 46.6 Å². The zero-order chi connectivity index (χ0) is 22.9. The van der Waals surface area contributed by atoms with Gasteiger partial charge in [0.1, 0.15) is 12.0 Å². The van der Waals surface area contributed by atoms with E-state index in [9.17, 15) is 24.6 Å². The first-order valence-corrected chi connectivity index (χ1v) is 9.95. The van der Waals surface area contributed by atoms with Gasteiger partial charge in [0.25, 0.3) is 0 Å². The molecule has 0 spiro atoms. The van der Waals surface area contributed by atoms with Crippen molar-refractivity contribution in [1.82, 2.24) is 10.6 Å². The first-order valence-electron chi connectivity index (χ1n) is 9.95. The highest BCUT2D eigenvalue weighted by Gasteiger charge is 2.39. The zero-order valence-corrected chi connectivity index (χ0v) is 18.4. The number of ether oxygens (including phenoxy) is 1. The molecule has 8 nitrogen and oxygen atoms in total. The summed E-state index contributed by atoms with van der Waals surface area (Å²) in [6.07, 6.45) is -0.228. The van der Waals surface area contributed by atoms with Crippen molar-refractivity contribution in [2.75, 3.05) is 13.2 Å². The minimum atomic E-state index is -1.47. The Morgan fingerprint density at radius 3 is 2.00 bits per heavy atom. The zero-order valence-electron chi connectivity index (χ0n) is 18.4. The fourth-order valence-electron chi connectivity index (χ4n) is 2.50. The van der Waals surface area contributed by atoms with Crippen LogP contribution < -0.4 is 10.6 Å². The van der Waals surface area contributed by atoms with Gasteiger partial charge in [-0.05, 0) is 24.8 Å². The van der Waals surface area contributed by atoms with Gasteiger partial charge in [-0.25, -0.2) is 0 Å². The summed E-state index contributed by atoms with van der Waals surface area (Å²) >= 11 is 0. The van der Waals surface area contributed by atoms with E-state index in [-0.39, 0.29) is 19.6 Å². The SMILES string of the molecule is CC(C)(C(=O)N[C@H](CO)CC(=O)OCc1ccccc1)C(=O)N[C@H](CO)C(C)(C)C. The summed E-state index contributed by atoms with van der Waals surface area (Å²) in [5, 5.41) is 24.3. The normalized spacial score (nSPS) is 13.8. The molecule has 168 valence electrons. The van der Waals surface area contributed by atoms with E-state index in [2.05, 4.69) is 10.6 Å². The van der Waals surface area contributed by atoms with Crippen molar-refractivity contribution in [2.45, 2.75) is 59.7 Å². The van der Waals surface area contributed by atoms with Gasteiger partial charge in [0, 0.05) is 0 Å². The second kappa shape index (κ2) is 11.1. The van der Waals surface area contributed by atoms with Crippen LogP contribution >= 0.6 is 0 Å². The number of esters is 1. The van der Waals surface area contributed by atoms with E-state index in [1.807, 2.05) is 51.1 Å². The van der Waals surface area contributed by atoms with E-state index in [1.54, 1.807) is 0 Å². The maximum absolute atomic E-state index is 12.7. The second-order valence-corrected chi connectivity index (χ2v) is 8.90. The first kappa shape index (κ1) is 25.6. The Bertz CT molecular complexity index is 712. The Morgan fingerprint density at radius 1 is 0.933 bits per heavy atom. The van der Waals surface area contributed by atoms with Gasteiger partial charge >= 0.3 is 5.97 Å². The molecule has 1 aromatic rings. The topological polar surface area (TPSA) is 125 Å². The Labute approximate surface area is 178 Å². The summed E-state index contributed by atoms with van der Waals surface area (Å²) < 4.78 is 5.17. The number of aliphatic hydroxyl groups excluding tert-OH is 2. The van der Waals surface area contributed by atoms with E-state index < -0.39 is 47.3 Å². The van der Waals surface area contributed by atoms with Gasteiger partial charge in [0.15, 0.2) is 0 Å². The molecule has 0 heterocycles. The van der Waals surface area contributed by atoms with Gasteiger partial charge in [0.05, 0.1) is 31.7 Å². The minimum Gasteiger partial charge on any atom is -0.461 e. The lowest BCUT2D eigenvalue weighted by atomic mass is 9.85. The minimum absolute atomic E-state index is 0.0923. The van der Waals surface area contributed by atoms with Crippen molar-refractivity contribution in [3.63, 3.8) is 0 Å². The lowest BCUT2D eigenvalue weighted by Crippen LogP contribution is -2.56. The molecule has 0 aliphatic heterocycles. The van der Waals surface area contributed by atoms with Gasteiger partial charge in [-0.3, -0.25) is 14.4 Å². The third kappa shape index (κ3) is 7.76. The van der Waals surface area contributed by atoms with Gasteiger partial charge in [0.2, 0.25) is 11.8 Å². The lowest BCUT2D eigenvalue weighted by molar-refractivity contribution is -0.146. The van der Waals surface area contributed by atoms with Crippen LogP contribution in [0, 0.1) is 10.8 Å². The van der Waals surface area contributed by atoms with Crippen LogP contribution in [-0.2, 0) is 25.7 Å². The van der Waals surface area contributed by atoms with Crippen molar-refractivity contribution in [3.05, 3.63) is 35.9 Å². The number of aliphatic hydroxyl groups is 2. The van der Waals surface area contributed by atoms with Crippen LogP contribution in [0.2, 0.25) is 0 Å². The summed E-state index contributed by atoms with van der Waals surface area (Å²) in [6.45, 7) is 7.83. The van der Waals surface area contributed by atoms with Gasteiger partial charge < -0.3 is 25.6 Å². The monoisotopic (exact) mass is 422 g/mol. The predicted molar refractivity (Wildman–Crippen MR) is 112 cm³/mol. The third-order valence-electron chi connectivity index (χ3n) is 4.88. The predicted octanol–water partition coefficient (Wildman–Crippen LogP) is 1.15. The molecule has 0 bridgehead atoms. The number of hydrogen-bond acceptors (Lipinski definition) is 6. The van der Waals surface area contributed by atoms with Crippen molar-refractivity contribution in [2.24, 2.45) is 10.8 Å². The van der Waals surface area contributed by atoms with Crippen LogP contribution in [0.15, 0.2) is 30.3 Å². The maximum atomic E-state index is 12.7. The van der Waals surface area contributed by atoms with Crippen molar-refractivity contribution in [3.8, 4) is 0 Å². The fraction of sp³-hybridized carbons (Fsp3) is 0.591. The number of carbonyl (C=O) groups is 3. The molecule has 0 saturated heterocycles. The molecule has 1 rings (SSSR count). The summed E-state index contributed by atoms with van der Waals surface area (Å²) in [5.41, 5.74) is -1.04. The van der Waals surface area contributed by atoms with Crippen molar-refractivity contribution < 1.29 is 29.3 Å². The highest BCUT2D eigenvalue weighted by atomic mass is 16.5. The molecular formula is C22H34N2O6. The molecular weight excluding hydrogens is 388 g/mol. The molecule has 8 heteroatoms. The molecule has 0 unspecified atom stereocenters. The van der Waals surface area contributed by atoms with Crippen LogP contribution in [0.25, 0.3) is 0 Å². The molecule has 0 aromatic heterocycles. The molecule has 30 heavy (non-hydrogen) atoms. The lowest BCUT2D eigenvalue weighted by Gasteiger charge is -2.33. The van der Waals surface area contributed by atoms with Crippen LogP contribution in [0.4, 0.5) is 0 Å². The summed E-state index contributed by atoms with van der Waals surface area (Å²) in [4.78, 5) is 37.3. The average molecular weight is 423 g/mol. The second-order valence-electron chi connectivity index (χ2n) is 8.90. The van der Waals surface area contributed by atoms with Crippen molar-refractivity contribution in [1.29, 1.82) is 0 Å². The molecule has 0 aliphatic carbocycles. The molecule has 1 aromatic carbocycles. The molecule has 0 radical (unpaired) electrons. The molecule has 2 amide bonds. The van der Waals surface area contributed by atoms with E-state index in [4.69, 9.17) is 4.74 Å². The summed E-state index contributed by atoms with van der Waals surface area (Å²) in [7, 11) is 0. The largest absolute Gasteiger partial charge is 0.461 e. The quantitative estimate of drug-likeness (QED) is 0.331. The van der Waals surface area contributed by atoms with E-state index in [1.165, 1.54) is 13.8 Å². The standard InChI is InChI=1S/C22H34N2O6/c1-21(2,3)17(13-26)24-20(29)22(4,5)19(28)23-16(12-25)11-18(27)30-14-15-9-7-6-8-10-15/h6-10,16-17,25-26H,11-14H2,1-5H3,(H,23,28)(H,24,29)/t16-,17+/m0/s1. The number of hydrogen-bond donors (Lipinski definition) is 4. The summed E-state index contributed by atoms with van der Waals surface area (Å²) in [6, 6.07) is 7.73. The maximum Gasteiger partial charge on any atom is 0.308 e. The number of benzene rings is 1. The summed E-state index contributed by atoms with van der Waals surface area (Å²) in [5.74, 6) is -1.77. The number of amides is 2. The van der Waals surface area contributed by atoms with Crippen LogP contribution in [0.3, 0.4) is 0 Å². The van der Waals surface area contributed by atoms with Crippen molar-refractivity contribution >= 4 is 17.8 Å². The first-order chi connectivity index (χ1) is 13.9. The molecule has 4 N–H and O–H groups in total. The molecule has 2 atom stereocenters. The van der Waals surface area contributed by atoms with Crippen LogP contribution in [-0.4, -0.2) is 53.3 Å². The molecule has 0 saturated carbocycles. The van der Waals surface area contributed by atoms with Gasteiger partial charge in [-0.15, -0.1) is 0 Å². The van der Waals surface area contributed by atoms with Gasteiger partial charge in [-0.2, -0.15) is 0 Å². The number of carbonyl (C=O) groups excluding carboxylic acids is 3. The highest BCUT2D eigenvalue weighted by Crippen LogP contribution is 2.22. The molecule has 0 fully saturated rings. The highest BCUT2D eigenvalue weighted by molar-refractivity contribution is 6.04. The Balaban J connectivity index is 2.65. The van der Waals surface area contributed by atoms with Crippen LogP contribution in [0.5, 0.6) is 0 Å². The smallest absolute Gasteiger partial charge is 0.308 e. The fourth-order valence-corrected chi connectivity index (χ4v) is 2.50. The van der Waals surface area contributed by atoms with E-state index in [0.29, 0.717) is 0 Å². The van der Waals surface area contributed by atoms with E-state index in [0.717, 1.165) is 5.56 Å². The molecule has 0 aliphatic rings. The Kier molecular flexibility index (Phi) is 9.45. The van der Waals surface area contributed by atoms with Gasteiger partial charge in [-0.1, -0.05) is 51.1 Å². The Morgan fingerprint density at radius 2 is 1.50 bits per heavy atom.